The SMILES string of the molecule is CCOc1ccc(-n2c(SCC(=O)NC(Cc3ccccc3)C(=O)O)nc3ccccc32)cc1. The van der Waals surface area contributed by atoms with Crippen molar-refractivity contribution in [3.63, 3.8) is 0 Å². The van der Waals surface area contributed by atoms with Crippen LogP contribution in [0.2, 0.25) is 0 Å². The van der Waals surface area contributed by atoms with Gasteiger partial charge in [0.05, 0.1) is 23.4 Å². The van der Waals surface area contributed by atoms with Crippen molar-refractivity contribution >= 4 is 34.7 Å². The van der Waals surface area contributed by atoms with Crippen LogP contribution in [0.5, 0.6) is 5.75 Å². The maximum absolute atomic E-state index is 12.7. The van der Waals surface area contributed by atoms with E-state index in [-0.39, 0.29) is 18.1 Å². The van der Waals surface area contributed by atoms with E-state index in [1.165, 1.54) is 11.8 Å². The van der Waals surface area contributed by atoms with Crippen LogP contribution in [0.25, 0.3) is 16.7 Å². The maximum atomic E-state index is 12.7. The van der Waals surface area contributed by atoms with Gasteiger partial charge in [-0.25, -0.2) is 9.78 Å². The standard InChI is InChI=1S/C26H25N3O4S/c1-2-33-20-14-12-19(13-15-20)29-23-11-7-6-10-21(23)28-26(29)34-17-24(30)27-22(25(31)32)16-18-8-4-3-5-9-18/h3-15,22H,2,16-17H2,1H3,(H,27,30)(H,31,32). The zero-order valence-electron chi connectivity index (χ0n) is 18.7. The minimum Gasteiger partial charge on any atom is -0.494 e. The van der Waals surface area contributed by atoms with Crippen LogP contribution < -0.4 is 10.1 Å². The summed E-state index contributed by atoms with van der Waals surface area (Å²) in [7, 11) is 0. The first-order valence-corrected chi connectivity index (χ1v) is 11.9. The van der Waals surface area contributed by atoms with Crippen molar-refractivity contribution in [1.82, 2.24) is 14.9 Å². The molecule has 4 rings (SSSR count). The molecule has 0 saturated heterocycles. The number of aromatic nitrogens is 2. The Bertz CT molecular complexity index is 1270. The van der Waals surface area contributed by atoms with Gasteiger partial charge in [0.15, 0.2) is 5.16 Å². The summed E-state index contributed by atoms with van der Waals surface area (Å²) in [6, 6.07) is 23.7. The average Bonchev–Trinajstić information content (AvgIpc) is 3.22. The molecule has 1 unspecified atom stereocenters. The summed E-state index contributed by atoms with van der Waals surface area (Å²) >= 11 is 1.27. The highest BCUT2D eigenvalue weighted by atomic mass is 32.2. The zero-order valence-corrected chi connectivity index (χ0v) is 19.5. The molecule has 0 bridgehead atoms. The molecule has 0 aliphatic carbocycles. The maximum Gasteiger partial charge on any atom is 0.326 e. The van der Waals surface area contributed by atoms with Gasteiger partial charge >= 0.3 is 5.97 Å². The number of nitrogens with zero attached hydrogens (tertiary/aromatic N) is 2. The van der Waals surface area contributed by atoms with Gasteiger partial charge in [0, 0.05) is 12.1 Å². The summed E-state index contributed by atoms with van der Waals surface area (Å²) in [6.07, 6.45) is 0.220. The third-order valence-corrected chi connectivity index (χ3v) is 6.12. The lowest BCUT2D eigenvalue weighted by molar-refractivity contribution is -0.141. The Hall–Kier alpha value is -3.78. The van der Waals surface area contributed by atoms with Gasteiger partial charge in [0.25, 0.3) is 0 Å². The van der Waals surface area contributed by atoms with Gasteiger partial charge in [-0.15, -0.1) is 0 Å². The van der Waals surface area contributed by atoms with Gasteiger partial charge in [0.1, 0.15) is 11.8 Å². The average molecular weight is 476 g/mol. The van der Waals surface area contributed by atoms with Gasteiger partial charge in [-0.05, 0) is 48.9 Å². The summed E-state index contributed by atoms with van der Waals surface area (Å²) in [5.74, 6) is -0.608. The summed E-state index contributed by atoms with van der Waals surface area (Å²) in [6.45, 7) is 2.52. The number of carbonyl (C=O) groups excluding carboxylic acids is 1. The van der Waals surface area contributed by atoms with Gasteiger partial charge < -0.3 is 15.2 Å². The predicted molar refractivity (Wildman–Crippen MR) is 133 cm³/mol. The van der Waals surface area contributed by atoms with E-state index in [2.05, 4.69) is 5.32 Å². The molecule has 34 heavy (non-hydrogen) atoms. The molecule has 1 aromatic heterocycles. The molecular formula is C26H25N3O4S. The van der Waals surface area contributed by atoms with Crippen molar-refractivity contribution in [3.05, 3.63) is 84.4 Å². The number of rotatable bonds is 10. The first kappa shape index (κ1) is 23.4. The quantitative estimate of drug-likeness (QED) is 0.332. The Morgan fingerprint density at radius 2 is 1.74 bits per heavy atom. The Balaban J connectivity index is 1.51. The number of thioether (sulfide) groups is 1. The van der Waals surface area contributed by atoms with E-state index in [1.54, 1.807) is 0 Å². The van der Waals surface area contributed by atoms with Crippen molar-refractivity contribution in [1.29, 1.82) is 0 Å². The lowest BCUT2D eigenvalue weighted by Crippen LogP contribution is -2.43. The van der Waals surface area contributed by atoms with E-state index < -0.39 is 12.0 Å². The summed E-state index contributed by atoms with van der Waals surface area (Å²) in [4.78, 5) is 29.0. The number of para-hydroxylation sites is 2. The molecule has 8 heteroatoms. The second-order valence-corrected chi connectivity index (χ2v) is 8.52. The number of ether oxygens (including phenoxy) is 1. The minimum absolute atomic E-state index is 0.0406. The highest BCUT2D eigenvalue weighted by molar-refractivity contribution is 7.99. The molecule has 3 aromatic carbocycles. The van der Waals surface area contributed by atoms with E-state index in [1.807, 2.05) is 90.4 Å². The van der Waals surface area contributed by atoms with Crippen LogP contribution in [-0.4, -0.2) is 44.9 Å². The molecule has 0 aliphatic rings. The molecule has 0 spiro atoms. The van der Waals surface area contributed by atoms with Crippen molar-refractivity contribution in [3.8, 4) is 11.4 Å². The van der Waals surface area contributed by atoms with Gasteiger partial charge in [-0.2, -0.15) is 0 Å². The number of carbonyl (C=O) groups is 2. The number of aliphatic carboxylic acids is 1. The third-order valence-electron chi connectivity index (χ3n) is 5.18. The number of hydrogen-bond acceptors (Lipinski definition) is 5. The summed E-state index contributed by atoms with van der Waals surface area (Å²) in [5.41, 5.74) is 3.47. The van der Waals surface area contributed by atoms with Gasteiger partial charge in [0.2, 0.25) is 5.91 Å². The number of benzene rings is 3. The second-order valence-electron chi connectivity index (χ2n) is 7.58. The van der Waals surface area contributed by atoms with Crippen LogP contribution in [0.15, 0.2) is 84.0 Å². The largest absolute Gasteiger partial charge is 0.494 e. The molecule has 0 fully saturated rings. The highest BCUT2D eigenvalue weighted by Crippen LogP contribution is 2.29. The molecular weight excluding hydrogens is 450 g/mol. The molecule has 174 valence electrons. The number of fused-ring (bicyclic) bond motifs is 1. The van der Waals surface area contributed by atoms with Crippen LogP contribution in [-0.2, 0) is 16.0 Å². The molecule has 7 nitrogen and oxygen atoms in total. The number of amides is 1. The number of imidazole rings is 1. The lowest BCUT2D eigenvalue weighted by Gasteiger charge is -2.15. The minimum atomic E-state index is -1.07. The normalized spacial score (nSPS) is 11.8. The number of nitrogens with one attached hydrogen (secondary N) is 1. The van der Waals surface area contributed by atoms with Crippen molar-refractivity contribution in [2.24, 2.45) is 0 Å². The first-order chi connectivity index (χ1) is 16.5. The number of hydrogen-bond donors (Lipinski definition) is 2. The van der Waals surface area contributed by atoms with Crippen molar-refractivity contribution < 1.29 is 19.4 Å². The Labute approximate surface area is 201 Å². The Kier molecular flexibility index (Phi) is 7.49. The smallest absolute Gasteiger partial charge is 0.326 e. The predicted octanol–water partition coefficient (Wildman–Crippen LogP) is 4.33. The Morgan fingerprint density at radius 3 is 2.44 bits per heavy atom. The van der Waals surface area contributed by atoms with Gasteiger partial charge in [-0.1, -0.05) is 54.2 Å². The molecule has 0 aliphatic heterocycles. The molecule has 1 amide bonds. The molecule has 4 aromatic rings. The zero-order chi connectivity index (χ0) is 23.9. The fourth-order valence-electron chi connectivity index (χ4n) is 3.62. The number of carboxylic acid groups (broad SMARTS) is 1. The van der Waals surface area contributed by atoms with E-state index in [0.29, 0.717) is 11.8 Å². The topological polar surface area (TPSA) is 93.5 Å². The lowest BCUT2D eigenvalue weighted by atomic mass is 10.1. The molecule has 1 atom stereocenters. The van der Waals surface area contributed by atoms with Crippen molar-refractivity contribution in [2.75, 3.05) is 12.4 Å². The molecule has 0 saturated carbocycles. The fourth-order valence-corrected chi connectivity index (χ4v) is 4.46. The van der Waals surface area contributed by atoms with Crippen LogP contribution in [0.3, 0.4) is 0 Å². The first-order valence-electron chi connectivity index (χ1n) is 10.9. The van der Waals surface area contributed by atoms with E-state index >= 15 is 0 Å². The van der Waals surface area contributed by atoms with E-state index in [9.17, 15) is 14.7 Å². The fraction of sp³-hybridized carbons (Fsp3) is 0.192. The second kappa shape index (κ2) is 10.9. The van der Waals surface area contributed by atoms with E-state index in [0.717, 1.165) is 28.0 Å². The van der Waals surface area contributed by atoms with Crippen molar-refractivity contribution in [2.45, 2.75) is 24.5 Å². The monoisotopic (exact) mass is 475 g/mol. The van der Waals surface area contributed by atoms with E-state index in [4.69, 9.17) is 9.72 Å². The molecule has 0 radical (unpaired) electrons. The molecule has 2 N–H and O–H groups in total. The van der Waals surface area contributed by atoms with Crippen LogP contribution >= 0.6 is 11.8 Å². The number of carboxylic acids is 1. The summed E-state index contributed by atoms with van der Waals surface area (Å²) < 4.78 is 7.53. The van der Waals surface area contributed by atoms with Crippen LogP contribution in [0, 0.1) is 0 Å². The third kappa shape index (κ3) is 5.58. The summed E-state index contributed by atoms with van der Waals surface area (Å²) in [5, 5.41) is 12.9. The Morgan fingerprint density at radius 1 is 1.03 bits per heavy atom. The van der Waals surface area contributed by atoms with Crippen LogP contribution in [0.1, 0.15) is 12.5 Å². The highest BCUT2D eigenvalue weighted by Gasteiger charge is 2.21. The molecule has 1 heterocycles. The van der Waals surface area contributed by atoms with Crippen LogP contribution in [0.4, 0.5) is 0 Å². The van der Waals surface area contributed by atoms with Gasteiger partial charge in [-0.3, -0.25) is 9.36 Å².